The Morgan fingerprint density at radius 1 is 1.08 bits per heavy atom. The molecule has 6 N–H and O–H groups in total. The first-order valence-corrected chi connectivity index (χ1v) is 3.67. The molecule has 7 nitrogen and oxygen atoms in total. The van der Waals surface area contributed by atoms with Crippen molar-refractivity contribution in [2.75, 3.05) is 6.61 Å². The third-order valence-electron chi connectivity index (χ3n) is 1.94. The summed E-state index contributed by atoms with van der Waals surface area (Å²) in [6, 6.07) is 0. The topological polar surface area (TPSA) is 131 Å². The molecule has 1 fully saturated rings. The van der Waals surface area contributed by atoms with Crippen molar-refractivity contribution in [3.63, 3.8) is 0 Å². The van der Waals surface area contributed by atoms with E-state index in [2.05, 4.69) is 4.74 Å². The molecule has 1 aliphatic rings. The normalized spacial score (nSPS) is 44.8. The van der Waals surface area contributed by atoms with Crippen LogP contribution in [0.4, 0.5) is 0 Å². The van der Waals surface area contributed by atoms with Gasteiger partial charge in [-0.2, -0.15) is 0 Å². The van der Waals surface area contributed by atoms with Crippen molar-refractivity contribution in [2.24, 2.45) is 0 Å². The van der Waals surface area contributed by atoms with Gasteiger partial charge in [0, 0.05) is 0 Å². The van der Waals surface area contributed by atoms with Gasteiger partial charge in [0.05, 0.1) is 6.61 Å². The van der Waals surface area contributed by atoms with E-state index in [4.69, 9.17) is 30.6 Å². The summed E-state index contributed by atoms with van der Waals surface area (Å²) in [7, 11) is 0. The molecule has 1 saturated heterocycles. The van der Waals surface area contributed by atoms with Gasteiger partial charge in [-0.3, -0.25) is 0 Å². The molecule has 13 heavy (non-hydrogen) atoms. The zero-order valence-electron chi connectivity index (χ0n) is 6.61. The maximum absolute atomic E-state index is 9.12. The fourth-order valence-corrected chi connectivity index (χ4v) is 1.14. The lowest BCUT2D eigenvalue weighted by atomic mass is 9.98. The van der Waals surface area contributed by atoms with Crippen LogP contribution in [0.3, 0.4) is 0 Å². The summed E-state index contributed by atoms with van der Waals surface area (Å²) < 4.78 is 4.32. The minimum Gasteiger partial charge on any atom is -0.394 e. The predicted octanol–water partition coefficient (Wildman–Crippen LogP) is -3.90. The fourth-order valence-electron chi connectivity index (χ4n) is 1.14. The van der Waals surface area contributed by atoms with Gasteiger partial charge in [-0.1, -0.05) is 0 Å². The molecule has 0 saturated carbocycles. The number of hydrogen-bond acceptors (Lipinski definition) is 7. The Morgan fingerprint density at radius 3 is 2.08 bits per heavy atom. The van der Waals surface area contributed by atoms with Crippen molar-refractivity contribution >= 4 is 0 Å². The van der Waals surface area contributed by atoms with Crippen LogP contribution in [0.2, 0.25) is 0 Å². The van der Waals surface area contributed by atoms with Crippen molar-refractivity contribution in [1.82, 2.24) is 0 Å². The van der Waals surface area contributed by atoms with Crippen LogP contribution >= 0.6 is 0 Å². The SMILES string of the molecule is OCC1OC(O)(O)C(O)[C@@H](O)[C@@H]1O. The van der Waals surface area contributed by atoms with E-state index < -0.39 is 37.0 Å². The van der Waals surface area contributed by atoms with Crippen molar-refractivity contribution in [1.29, 1.82) is 0 Å². The number of ether oxygens (including phenoxy) is 1. The van der Waals surface area contributed by atoms with Crippen LogP contribution in [0.1, 0.15) is 0 Å². The Bertz CT molecular complexity index is 180. The summed E-state index contributed by atoms with van der Waals surface area (Å²) in [5, 5.41) is 53.6. The van der Waals surface area contributed by atoms with Crippen LogP contribution in [-0.4, -0.2) is 67.6 Å². The highest BCUT2D eigenvalue weighted by molar-refractivity contribution is 4.90. The molecule has 78 valence electrons. The number of rotatable bonds is 1. The lowest BCUT2D eigenvalue weighted by Crippen LogP contribution is -2.65. The second-order valence-electron chi connectivity index (χ2n) is 2.92. The van der Waals surface area contributed by atoms with Crippen LogP contribution in [0.5, 0.6) is 0 Å². The molecule has 0 bridgehead atoms. The van der Waals surface area contributed by atoms with Gasteiger partial charge in [-0.25, -0.2) is 0 Å². The Labute approximate surface area is 73.4 Å². The molecule has 4 atom stereocenters. The zero-order chi connectivity index (χ0) is 10.2. The van der Waals surface area contributed by atoms with E-state index in [0.717, 1.165) is 0 Å². The van der Waals surface area contributed by atoms with Crippen LogP contribution in [0.15, 0.2) is 0 Å². The van der Waals surface area contributed by atoms with Crippen molar-refractivity contribution in [3.05, 3.63) is 0 Å². The fraction of sp³-hybridized carbons (Fsp3) is 1.00. The van der Waals surface area contributed by atoms with Crippen molar-refractivity contribution < 1.29 is 35.4 Å². The molecule has 7 heteroatoms. The van der Waals surface area contributed by atoms with Gasteiger partial charge in [-0.05, 0) is 0 Å². The molecule has 2 unspecified atom stereocenters. The van der Waals surface area contributed by atoms with E-state index in [0.29, 0.717) is 0 Å². The second-order valence-corrected chi connectivity index (χ2v) is 2.92. The Kier molecular flexibility index (Phi) is 2.88. The zero-order valence-corrected chi connectivity index (χ0v) is 6.61. The number of hydrogen-bond donors (Lipinski definition) is 6. The minimum absolute atomic E-state index is 0.701. The average molecular weight is 196 g/mol. The molecule has 0 radical (unpaired) electrons. The maximum atomic E-state index is 9.12. The smallest absolute Gasteiger partial charge is 0.308 e. The predicted molar refractivity (Wildman–Crippen MR) is 37.1 cm³/mol. The Balaban J connectivity index is 2.79. The van der Waals surface area contributed by atoms with E-state index in [9.17, 15) is 0 Å². The largest absolute Gasteiger partial charge is 0.394 e. The monoisotopic (exact) mass is 196 g/mol. The first-order valence-electron chi connectivity index (χ1n) is 3.67. The van der Waals surface area contributed by atoms with Gasteiger partial charge >= 0.3 is 5.97 Å². The molecule has 1 aliphatic heterocycles. The highest BCUT2D eigenvalue weighted by Gasteiger charge is 2.51. The van der Waals surface area contributed by atoms with E-state index in [1.165, 1.54) is 0 Å². The number of aliphatic hydroxyl groups excluding tert-OH is 4. The maximum Gasteiger partial charge on any atom is 0.308 e. The van der Waals surface area contributed by atoms with Gasteiger partial charge in [0.1, 0.15) is 18.3 Å². The molecule has 0 aliphatic carbocycles. The lowest BCUT2D eigenvalue weighted by molar-refractivity contribution is -0.435. The Morgan fingerprint density at radius 2 is 1.62 bits per heavy atom. The average Bonchev–Trinajstić information content (AvgIpc) is 2.08. The van der Waals surface area contributed by atoms with Crippen LogP contribution in [0, 0.1) is 0 Å². The molecule has 0 spiro atoms. The Hall–Kier alpha value is -0.280. The summed E-state index contributed by atoms with van der Waals surface area (Å²) in [4.78, 5) is 0. The molecule has 0 amide bonds. The molecular formula is C6H12O7. The third kappa shape index (κ3) is 1.81. The summed E-state index contributed by atoms with van der Waals surface area (Å²) in [5.41, 5.74) is 0. The van der Waals surface area contributed by atoms with Gasteiger partial charge < -0.3 is 35.4 Å². The van der Waals surface area contributed by atoms with E-state index in [1.54, 1.807) is 0 Å². The highest BCUT2D eigenvalue weighted by Crippen LogP contribution is 2.25. The second kappa shape index (κ2) is 3.46. The summed E-state index contributed by atoms with van der Waals surface area (Å²) in [6.07, 6.45) is -6.72. The standard InChI is InChI=1S/C6H12O7/c7-1-2-3(8)4(9)5(10)6(11,12)13-2/h2-5,7-12H,1H2/t2?,3-,4+,5?/m1/s1. The van der Waals surface area contributed by atoms with Gasteiger partial charge in [0.15, 0.2) is 6.10 Å². The van der Waals surface area contributed by atoms with Crippen molar-refractivity contribution in [2.45, 2.75) is 30.4 Å². The number of aliphatic hydroxyl groups is 6. The first-order chi connectivity index (χ1) is 5.90. The van der Waals surface area contributed by atoms with Gasteiger partial charge in [-0.15, -0.1) is 0 Å². The summed E-state index contributed by atoms with van der Waals surface area (Å²) in [5.74, 6) is -2.95. The summed E-state index contributed by atoms with van der Waals surface area (Å²) in [6.45, 7) is -0.701. The lowest BCUT2D eigenvalue weighted by Gasteiger charge is -2.41. The van der Waals surface area contributed by atoms with Crippen LogP contribution in [0.25, 0.3) is 0 Å². The van der Waals surface area contributed by atoms with Gasteiger partial charge in [0.2, 0.25) is 0 Å². The highest BCUT2D eigenvalue weighted by atomic mass is 16.8. The van der Waals surface area contributed by atoms with E-state index >= 15 is 0 Å². The van der Waals surface area contributed by atoms with Crippen molar-refractivity contribution in [3.8, 4) is 0 Å². The van der Waals surface area contributed by atoms with E-state index in [-0.39, 0.29) is 0 Å². The molecule has 1 rings (SSSR count). The molecule has 1 heterocycles. The van der Waals surface area contributed by atoms with E-state index in [1.807, 2.05) is 0 Å². The minimum atomic E-state index is -2.95. The quantitative estimate of drug-likeness (QED) is 0.236. The molecule has 0 aromatic rings. The molecule has 0 aromatic carbocycles. The molecule has 0 aromatic heterocycles. The summed E-state index contributed by atoms with van der Waals surface area (Å²) >= 11 is 0. The van der Waals surface area contributed by atoms with Crippen LogP contribution < -0.4 is 0 Å². The van der Waals surface area contributed by atoms with Gasteiger partial charge in [0.25, 0.3) is 0 Å². The molecular weight excluding hydrogens is 184 g/mol. The van der Waals surface area contributed by atoms with Crippen LogP contribution in [-0.2, 0) is 4.74 Å². The third-order valence-corrected chi connectivity index (χ3v) is 1.94. The first kappa shape index (κ1) is 10.8.